The zero-order chi connectivity index (χ0) is 12.7. The standard InChI is InChI=1S/C8H10N8O/c9-7(12-11)15-13-5-1-3-6(4-2-5)14-16-8(10)17/h1-4H,(H3,9,12,15)(H3,10,16,17). The number of nitrogens with zero attached hydrogens (tertiary/aromatic N) is 3. The van der Waals surface area contributed by atoms with Gasteiger partial charge in [-0.2, -0.15) is 10.2 Å². The number of hydrogen-bond donors (Lipinski definition) is 5. The van der Waals surface area contributed by atoms with Gasteiger partial charge < -0.3 is 5.73 Å². The number of nitrogens with one attached hydrogen (secondary N) is 4. The summed E-state index contributed by atoms with van der Waals surface area (Å²) in [7, 11) is 0. The van der Waals surface area contributed by atoms with E-state index in [9.17, 15) is 4.79 Å². The molecule has 0 saturated heterocycles. The molecule has 1 aliphatic rings. The van der Waals surface area contributed by atoms with Crippen molar-refractivity contribution < 1.29 is 4.79 Å². The summed E-state index contributed by atoms with van der Waals surface area (Å²) < 4.78 is 0. The molecule has 0 aliphatic heterocycles. The molecule has 0 fully saturated rings. The van der Waals surface area contributed by atoms with Crippen molar-refractivity contribution in [3.8, 4) is 0 Å². The monoisotopic (exact) mass is 234 g/mol. The van der Waals surface area contributed by atoms with Gasteiger partial charge in [-0.3, -0.25) is 10.8 Å². The zero-order valence-corrected chi connectivity index (χ0v) is 8.64. The van der Waals surface area contributed by atoms with Gasteiger partial charge in [0, 0.05) is 0 Å². The highest BCUT2D eigenvalue weighted by Gasteiger charge is 2.00. The van der Waals surface area contributed by atoms with Gasteiger partial charge in [0.1, 0.15) is 0 Å². The lowest BCUT2D eigenvalue weighted by Gasteiger charge is -2.03. The van der Waals surface area contributed by atoms with Crippen molar-refractivity contribution in [2.24, 2.45) is 15.9 Å². The van der Waals surface area contributed by atoms with E-state index in [0.29, 0.717) is 11.4 Å². The minimum Gasteiger partial charge on any atom is -0.350 e. The van der Waals surface area contributed by atoms with Crippen molar-refractivity contribution in [1.29, 1.82) is 5.41 Å². The summed E-state index contributed by atoms with van der Waals surface area (Å²) in [5.74, 6) is 7.96. The molecule has 0 aromatic carbocycles. The molecule has 88 valence electrons. The Morgan fingerprint density at radius 2 is 1.65 bits per heavy atom. The molecular weight excluding hydrogens is 224 g/mol. The minimum absolute atomic E-state index is 0.353. The van der Waals surface area contributed by atoms with Crippen LogP contribution < -0.4 is 27.9 Å². The number of guanidine groups is 1. The van der Waals surface area contributed by atoms with E-state index in [4.69, 9.17) is 17.0 Å². The highest BCUT2D eigenvalue weighted by atomic mass is 16.2. The molecule has 0 unspecified atom stereocenters. The number of rotatable bonds is 2. The van der Waals surface area contributed by atoms with E-state index in [-0.39, 0.29) is 5.96 Å². The number of primary amides is 1. The van der Waals surface area contributed by atoms with Crippen molar-refractivity contribution in [3.05, 3.63) is 24.3 Å². The molecule has 17 heavy (non-hydrogen) atoms. The molecule has 9 nitrogen and oxygen atoms in total. The molecule has 0 heterocycles. The zero-order valence-electron chi connectivity index (χ0n) is 8.64. The minimum atomic E-state index is -0.747. The first-order valence-electron chi connectivity index (χ1n) is 4.43. The van der Waals surface area contributed by atoms with Gasteiger partial charge in [-0.15, -0.1) is 0 Å². The maximum Gasteiger partial charge on any atom is 0.332 e. The predicted octanol–water partition coefficient (Wildman–Crippen LogP) is -1.41. The quantitative estimate of drug-likeness (QED) is 0.173. The lowest BCUT2D eigenvalue weighted by atomic mass is 10.1. The van der Waals surface area contributed by atoms with Crippen LogP contribution >= 0.6 is 0 Å². The molecule has 0 atom stereocenters. The van der Waals surface area contributed by atoms with Crippen LogP contribution in [0.5, 0.6) is 0 Å². The van der Waals surface area contributed by atoms with Crippen molar-refractivity contribution in [1.82, 2.24) is 22.1 Å². The molecule has 1 aliphatic carbocycles. The molecule has 0 bridgehead atoms. The molecule has 0 aromatic heterocycles. The Morgan fingerprint density at radius 3 is 2.06 bits per heavy atom. The van der Waals surface area contributed by atoms with Gasteiger partial charge in [0.15, 0.2) is 0 Å². The predicted molar refractivity (Wildman–Crippen MR) is 62.0 cm³/mol. The molecule has 9 heteroatoms. The number of hydrogen-bond acceptors (Lipinski definition) is 4. The van der Waals surface area contributed by atoms with Crippen LogP contribution in [0.2, 0.25) is 0 Å². The van der Waals surface area contributed by atoms with E-state index >= 15 is 0 Å². The topological polar surface area (TPSA) is 150 Å². The number of allylic oxidation sites excluding steroid dienone is 4. The normalized spacial score (nSPS) is 13.0. The maximum absolute atomic E-state index is 10.4. The molecule has 1 rings (SSSR count). The van der Waals surface area contributed by atoms with E-state index < -0.39 is 6.03 Å². The average Bonchev–Trinajstić information content (AvgIpc) is 2.34. The fourth-order valence-corrected chi connectivity index (χ4v) is 0.867. The van der Waals surface area contributed by atoms with Gasteiger partial charge in [-0.05, 0) is 30.1 Å². The van der Waals surface area contributed by atoms with Gasteiger partial charge in [0.25, 0.3) is 0 Å². The number of carbonyl (C=O) groups is 1. The highest BCUT2D eigenvalue weighted by molar-refractivity contribution is 6.18. The third kappa shape index (κ3) is 4.57. The third-order valence-corrected chi connectivity index (χ3v) is 1.55. The van der Waals surface area contributed by atoms with E-state index in [1.807, 2.05) is 0 Å². The van der Waals surface area contributed by atoms with Gasteiger partial charge in [-0.25, -0.2) is 15.6 Å². The second-order valence-electron chi connectivity index (χ2n) is 2.81. The number of hydrazone groups is 2. The van der Waals surface area contributed by atoms with Gasteiger partial charge in [0.05, 0.1) is 11.4 Å². The van der Waals surface area contributed by atoms with E-state index in [1.54, 1.807) is 29.7 Å². The highest BCUT2D eigenvalue weighted by Crippen LogP contribution is 1.96. The molecule has 2 amide bonds. The lowest BCUT2D eigenvalue weighted by molar-refractivity contribution is 0.249. The second-order valence-corrected chi connectivity index (χ2v) is 2.81. The maximum atomic E-state index is 10.4. The van der Waals surface area contributed by atoms with Crippen LogP contribution in [0.15, 0.2) is 34.5 Å². The Labute approximate surface area is 96.8 Å². The van der Waals surface area contributed by atoms with Crippen molar-refractivity contribution in [3.63, 3.8) is 0 Å². The van der Waals surface area contributed by atoms with E-state index in [2.05, 4.69) is 21.1 Å². The Balaban J connectivity index is 2.56. The summed E-state index contributed by atoms with van der Waals surface area (Å²) in [6.07, 6.45) is 6.37. The van der Waals surface area contributed by atoms with Crippen LogP contribution in [0.25, 0.3) is 0 Å². The Kier molecular flexibility index (Phi) is 4.39. The van der Waals surface area contributed by atoms with Crippen LogP contribution in [0.1, 0.15) is 0 Å². The summed E-state index contributed by atoms with van der Waals surface area (Å²) in [6, 6.07) is -0.747. The molecule has 0 aromatic rings. The molecule has 2 radical (unpaired) electrons. The Morgan fingerprint density at radius 1 is 1.18 bits per heavy atom. The summed E-state index contributed by atoms with van der Waals surface area (Å²) in [6.45, 7) is 0. The summed E-state index contributed by atoms with van der Waals surface area (Å²) in [4.78, 5) is 10.4. The fraction of sp³-hybridized carbons (Fsp3) is 0. The van der Waals surface area contributed by atoms with Crippen LogP contribution in [-0.4, -0.2) is 23.4 Å². The smallest absolute Gasteiger partial charge is 0.332 e. The van der Waals surface area contributed by atoms with Crippen molar-refractivity contribution in [2.75, 3.05) is 0 Å². The van der Waals surface area contributed by atoms with Crippen LogP contribution in [0, 0.1) is 5.41 Å². The van der Waals surface area contributed by atoms with Gasteiger partial charge in [0.2, 0.25) is 5.96 Å². The summed E-state index contributed by atoms with van der Waals surface area (Å²) in [5.41, 5.74) is 11.8. The van der Waals surface area contributed by atoms with Crippen LogP contribution in [0.3, 0.4) is 0 Å². The largest absolute Gasteiger partial charge is 0.350 e. The van der Waals surface area contributed by atoms with Crippen LogP contribution in [0.4, 0.5) is 4.79 Å². The number of urea groups is 1. The Hall–Kier alpha value is -2.68. The lowest BCUT2D eigenvalue weighted by Crippen LogP contribution is -2.32. The van der Waals surface area contributed by atoms with Crippen LogP contribution in [-0.2, 0) is 0 Å². The molecular formula is C8H10N8O. The molecule has 0 saturated carbocycles. The number of nitrogens with two attached hydrogens (primary N) is 1. The Bertz CT molecular complexity index is 415. The molecule has 6 N–H and O–H groups in total. The van der Waals surface area contributed by atoms with Gasteiger partial charge >= 0.3 is 6.03 Å². The number of amides is 2. The fourth-order valence-electron chi connectivity index (χ4n) is 0.867. The van der Waals surface area contributed by atoms with E-state index in [1.165, 1.54) is 0 Å². The van der Waals surface area contributed by atoms with Crippen molar-refractivity contribution >= 4 is 23.4 Å². The first-order chi connectivity index (χ1) is 8.11. The molecule has 0 spiro atoms. The third-order valence-electron chi connectivity index (χ3n) is 1.55. The SMILES string of the molecule is [N]NC(=N)NN=C1C=CC(=NNC(N)=O)C=C1. The number of carbonyl (C=O) groups excluding carboxylic acids is 1. The van der Waals surface area contributed by atoms with E-state index in [0.717, 1.165) is 0 Å². The second kappa shape index (κ2) is 6.02. The first kappa shape index (κ1) is 12.4. The van der Waals surface area contributed by atoms with Gasteiger partial charge in [-0.1, -0.05) is 0 Å². The summed E-state index contributed by atoms with van der Waals surface area (Å²) >= 11 is 0. The summed E-state index contributed by atoms with van der Waals surface area (Å²) in [5, 5.41) is 14.4. The average molecular weight is 234 g/mol. The van der Waals surface area contributed by atoms with Crippen molar-refractivity contribution in [2.45, 2.75) is 0 Å². The first-order valence-corrected chi connectivity index (χ1v) is 4.43.